The van der Waals surface area contributed by atoms with Crippen LogP contribution in [0, 0.1) is 6.85 Å². The molecule has 1 heteroatoms. The maximum atomic E-state index is 9.34. The fourth-order valence-corrected chi connectivity index (χ4v) is 2.64. The van der Waals surface area contributed by atoms with E-state index in [0.717, 1.165) is 0 Å². The first kappa shape index (κ1) is 5.48. The monoisotopic (exact) mass is 380 g/mol. The summed E-state index contributed by atoms with van der Waals surface area (Å²) in [5.41, 5.74) is -3.99. The van der Waals surface area contributed by atoms with Gasteiger partial charge in [0.25, 0.3) is 0 Å². The van der Waals surface area contributed by atoms with Crippen molar-refractivity contribution < 1.29 is 28.8 Å². The van der Waals surface area contributed by atoms with Gasteiger partial charge in [-0.15, -0.1) is 0 Å². The second kappa shape index (κ2) is 6.86. The zero-order chi connectivity index (χ0) is 37.1. The van der Waals surface area contributed by atoms with E-state index in [9.17, 15) is 1.37 Å². The Bertz CT molecular complexity index is 2280. The standard InChI is InChI=1S/C27H21N/c1-20-8-7-12-24(18-20)28(23-10-3-2-4-11-23)25-17-16-22-15-14-21-9-5-6-13-26(21)27(22)19-25/h2-19H,1H3/i1D3,2D,3D,4D,5D,6D,7D,8D,9D,10D,11D,12D,13D,14D,15D,16D,17D,18D,19D. The van der Waals surface area contributed by atoms with Gasteiger partial charge in [-0.2, -0.15) is 0 Å². The van der Waals surface area contributed by atoms with Crippen molar-refractivity contribution >= 4 is 38.6 Å². The van der Waals surface area contributed by atoms with E-state index < -0.39 is 160 Å². The van der Waals surface area contributed by atoms with Crippen molar-refractivity contribution in [1.82, 2.24) is 0 Å². The van der Waals surface area contributed by atoms with Crippen molar-refractivity contribution in [2.24, 2.45) is 0 Å². The molecule has 0 saturated heterocycles. The van der Waals surface area contributed by atoms with E-state index in [1.165, 1.54) is 0 Å². The Morgan fingerprint density at radius 1 is 0.571 bits per heavy atom. The van der Waals surface area contributed by atoms with E-state index in [2.05, 4.69) is 0 Å². The summed E-state index contributed by atoms with van der Waals surface area (Å²) in [6.45, 7) is -3.28. The number of para-hydroxylation sites is 1. The maximum absolute atomic E-state index is 9.34. The largest absolute Gasteiger partial charge is 0.310 e. The third-order valence-corrected chi connectivity index (χ3v) is 3.82. The van der Waals surface area contributed by atoms with Gasteiger partial charge in [-0.05, 0) is 70.2 Å². The molecule has 134 valence electrons. The molecule has 0 N–H and O–H groups in total. The Hall–Kier alpha value is -3.58. The lowest BCUT2D eigenvalue weighted by Gasteiger charge is -2.26. The number of benzene rings is 5. The molecule has 0 aliphatic carbocycles. The Labute approximate surface area is 195 Å². The maximum Gasteiger partial charge on any atom is 0.0652 e. The van der Waals surface area contributed by atoms with E-state index in [-0.39, 0.29) is 0 Å². The van der Waals surface area contributed by atoms with Crippen molar-refractivity contribution in [2.75, 3.05) is 4.90 Å². The highest BCUT2D eigenvalue weighted by Crippen LogP contribution is 2.37. The van der Waals surface area contributed by atoms with Gasteiger partial charge in [0, 0.05) is 21.2 Å². The van der Waals surface area contributed by atoms with Crippen LogP contribution in [0.25, 0.3) is 21.5 Å². The number of hydrogen-bond acceptors (Lipinski definition) is 1. The number of anilines is 3. The van der Waals surface area contributed by atoms with Crippen LogP contribution < -0.4 is 4.90 Å². The van der Waals surface area contributed by atoms with Gasteiger partial charge in [0.1, 0.15) is 0 Å². The predicted octanol–water partition coefficient (Wildman–Crippen LogP) is 7.77. The smallest absolute Gasteiger partial charge is 0.0652 e. The van der Waals surface area contributed by atoms with Crippen LogP contribution >= 0.6 is 0 Å². The van der Waals surface area contributed by atoms with Crippen LogP contribution in [0.3, 0.4) is 0 Å². The van der Waals surface area contributed by atoms with E-state index in [4.69, 9.17) is 27.4 Å². The van der Waals surface area contributed by atoms with Crippen molar-refractivity contribution in [3.63, 3.8) is 0 Å². The minimum absolute atomic E-state index is 0.412. The third-order valence-electron chi connectivity index (χ3n) is 3.82. The molecule has 0 amide bonds. The van der Waals surface area contributed by atoms with Crippen LogP contribution in [0.2, 0.25) is 0 Å². The zero-order valence-electron chi connectivity index (χ0n) is 34.9. The second-order valence-electron chi connectivity index (χ2n) is 5.51. The van der Waals surface area contributed by atoms with Gasteiger partial charge in [-0.1, -0.05) is 72.5 Å². The molecular formula is C27H21N. The normalized spacial score (nSPS) is 22.1. The zero-order valence-corrected chi connectivity index (χ0v) is 13.9. The molecule has 0 aromatic heterocycles. The highest BCUT2D eigenvalue weighted by atomic mass is 15.1. The van der Waals surface area contributed by atoms with Crippen LogP contribution in [-0.4, -0.2) is 0 Å². The average Bonchev–Trinajstić information content (AvgIpc) is 3.02. The molecule has 0 aliphatic rings. The van der Waals surface area contributed by atoms with Crippen LogP contribution in [0.1, 0.15) is 34.3 Å². The minimum atomic E-state index is -3.28. The summed E-state index contributed by atoms with van der Waals surface area (Å²) in [5, 5.41) is -2.27. The fourth-order valence-electron chi connectivity index (χ4n) is 2.64. The quantitative estimate of drug-likeness (QED) is 0.289. The SMILES string of the molecule is [2H]c1c([2H])c([2H])c(N(c2c([2H])c([2H])c([2H])c(C([2H])([2H])[2H])c2[2H])c2c([2H])c([2H])c3c([2H])c([2H])c4c([2H])c([2H])c([2H])c([2H])c4c3c2[2H])c([2H])c1[2H]. The van der Waals surface area contributed by atoms with Crippen LogP contribution in [0.15, 0.2) is 109 Å². The lowest BCUT2D eigenvalue weighted by molar-refractivity contribution is 1.28. The molecule has 0 aliphatic heterocycles. The molecule has 0 radical (unpaired) electrons. The van der Waals surface area contributed by atoms with Gasteiger partial charge in [0.15, 0.2) is 0 Å². The number of nitrogens with zero attached hydrogens (tertiary/aromatic N) is 1. The molecule has 5 aromatic carbocycles. The lowest BCUT2D eigenvalue weighted by atomic mass is 10.0. The summed E-state index contributed by atoms with van der Waals surface area (Å²) >= 11 is 0. The van der Waals surface area contributed by atoms with Crippen LogP contribution in [0.5, 0.6) is 0 Å². The first-order valence-corrected chi connectivity index (χ1v) is 7.92. The second-order valence-corrected chi connectivity index (χ2v) is 5.51. The van der Waals surface area contributed by atoms with E-state index in [1.807, 2.05) is 0 Å². The fraction of sp³-hybridized carbons (Fsp3) is 0.0370. The number of fused-ring (bicyclic) bond motifs is 3. The number of rotatable bonds is 3. The van der Waals surface area contributed by atoms with E-state index >= 15 is 0 Å². The average molecular weight is 381 g/mol. The van der Waals surface area contributed by atoms with Crippen molar-refractivity contribution in [3.8, 4) is 0 Å². The molecule has 0 atom stereocenters. The third kappa shape index (κ3) is 2.91. The summed E-state index contributed by atoms with van der Waals surface area (Å²) in [5.74, 6) is 0. The molecule has 28 heavy (non-hydrogen) atoms. The molecule has 0 fully saturated rings. The summed E-state index contributed by atoms with van der Waals surface area (Å²) in [4.78, 5) is 0.412. The van der Waals surface area contributed by atoms with Gasteiger partial charge in [-0.3, -0.25) is 0 Å². The number of hydrogen-bond donors (Lipinski definition) is 0. The van der Waals surface area contributed by atoms with E-state index in [0.29, 0.717) is 4.90 Å². The summed E-state index contributed by atoms with van der Waals surface area (Å²) in [6.07, 6.45) is 0. The Morgan fingerprint density at radius 2 is 1.25 bits per heavy atom. The van der Waals surface area contributed by atoms with Gasteiger partial charge >= 0.3 is 0 Å². The lowest BCUT2D eigenvalue weighted by Crippen LogP contribution is -2.09. The van der Waals surface area contributed by atoms with E-state index in [1.54, 1.807) is 0 Å². The van der Waals surface area contributed by atoms with Gasteiger partial charge in [0.2, 0.25) is 0 Å². The molecule has 0 unspecified atom stereocenters. The van der Waals surface area contributed by atoms with Gasteiger partial charge in [0.05, 0.1) is 24.7 Å². The Kier molecular flexibility index (Phi) is 1.34. The summed E-state index contributed by atoms with van der Waals surface area (Å²) < 4.78 is 178. The molecule has 0 spiro atoms. The first-order valence-electron chi connectivity index (χ1n) is 18.4. The predicted molar refractivity (Wildman–Crippen MR) is 121 cm³/mol. The Morgan fingerprint density at radius 3 is 2.11 bits per heavy atom. The molecular weight excluding hydrogens is 338 g/mol. The summed E-state index contributed by atoms with van der Waals surface area (Å²) in [6, 6.07) is -17.0. The van der Waals surface area contributed by atoms with Crippen molar-refractivity contribution in [3.05, 3.63) is 114 Å². The highest BCUT2D eigenvalue weighted by Gasteiger charge is 2.13. The topological polar surface area (TPSA) is 3.24 Å². The molecule has 0 saturated carbocycles. The molecule has 5 aromatic rings. The van der Waals surface area contributed by atoms with Crippen LogP contribution in [-0.2, 0) is 0 Å². The minimum Gasteiger partial charge on any atom is -0.310 e. The Balaban J connectivity index is 2.19. The highest BCUT2D eigenvalue weighted by molar-refractivity contribution is 6.08. The molecule has 1 nitrogen and oxygen atoms in total. The molecule has 5 rings (SSSR count). The van der Waals surface area contributed by atoms with Gasteiger partial charge in [-0.25, -0.2) is 0 Å². The van der Waals surface area contributed by atoms with Crippen molar-refractivity contribution in [1.29, 1.82) is 0 Å². The summed E-state index contributed by atoms with van der Waals surface area (Å²) in [7, 11) is 0. The van der Waals surface area contributed by atoms with Crippen LogP contribution in [0.4, 0.5) is 17.1 Å². The van der Waals surface area contributed by atoms with Crippen molar-refractivity contribution in [2.45, 2.75) is 6.85 Å². The van der Waals surface area contributed by atoms with Gasteiger partial charge < -0.3 is 4.90 Å². The molecule has 0 bridgehead atoms. The first-order chi connectivity index (χ1) is 22.5. The molecule has 0 heterocycles.